The highest BCUT2D eigenvalue weighted by molar-refractivity contribution is 5.93. The first kappa shape index (κ1) is 24.8. The quantitative estimate of drug-likeness (QED) is 0.227. The molecule has 0 radical (unpaired) electrons. The van der Waals surface area contributed by atoms with Crippen molar-refractivity contribution in [2.75, 3.05) is 13.2 Å². The highest BCUT2D eigenvalue weighted by Crippen LogP contribution is 2.19. The van der Waals surface area contributed by atoms with Gasteiger partial charge in [0, 0.05) is 23.5 Å². The normalized spacial score (nSPS) is 13.9. The van der Waals surface area contributed by atoms with Gasteiger partial charge in [-0.3, -0.25) is 14.4 Å². The van der Waals surface area contributed by atoms with Crippen molar-refractivity contribution < 1.29 is 29.4 Å². The highest BCUT2D eigenvalue weighted by atomic mass is 16.4. The number of aliphatic hydroxyl groups is 1. The number of carboxylic acid groups (broad SMARTS) is 1. The number of carbonyl (C=O) groups is 4. The molecule has 3 amide bonds. The molecule has 3 unspecified atom stereocenters. The van der Waals surface area contributed by atoms with Crippen LogP contribution in [0.4, 0.5) is 0 Å². The molecular formula is C21H29N5O6. The van der Waals surface area contributed by atoms with E-state index in [0.29, 0.717) is 0 Å². The van der Waals surface area contributed by atoms with Crippen LogP contribution < -0.4 is 21.7 Å². The summed E-state index contributed by atoms with van der Waals surface area (Å²) in [6.07, 6.45) is 1.88. The molecular weight excluding hydrogens is 418 g/mol. The van der Waals surface area contributed by atoms with Gasteiger partial charge >= 0.3 is 5.97 Å². The van der Waals surface area contributed by atoms with Gasteiger partial charge in [0.25, 0.3) is 0 Å². The number of fused-ring (bicyclic) bond motifs is 1. The van der Waals surface area contributed by atoms with Gasteiger partial charge in [0.15, 0.2) is 0 Å². The molecule has 0 saturated heterocycles. The van der Waals surface area contributed by atoms with Gasteiger partial charge < -0.3 is 36.9 Å². The Morgan fingerprint density at radius 3 is 2.38 bits per heavy atom. The molecule has 11 heteroatoms. The number of nitrogens with one attached hydrogen (secondary N) is 4. The summed E-state index contributed by atoms with van der Waals surface area (Å²) in [4.78, 5) is 51.3. The third-order valence-corrected chi connectivity index (χ3v) is 4.99. The summed E-state index contributed by atoms with van der Waals surface area (Å²) in [7, 11) is 0. The van der Waals surface area contributed by atoms with Gasteiger partial charge in [0.2, 0.25) is 17.7 Å². The molecule has 0 aliphatic heterocycles. The zero-order chi connectivity index (χ0) is 23.8. The molecule has 0 spiro atoms. The number of H-pyrrole nitrogens is 1. The molecule has 174 valence electrons. The first-order valence-electron chi connectivity index (χ1n) is 10.2. The van der Waals surface area contributed by atoms with Crippen molar-refractivity contribution in [2.24, 2.45) is 11.7 Å². The Morgan fingerprint density at radius 1 is 1.06 bits per heavy atom. The highest BCUT2D eigenvalue weighted by Gasteiger charge is 2.27. The van der Waals surface area contributed by atoms with E-state index >= 15 is 0 Å². The summed E-state index contributed by atoms with van der Waals surface area (Å²) < 4.78 is 0. The van der Waals surface area contributed by atoms with Crippen LogP contribution in [-0.2, 0) is 25.6 Å². The van der Waals surface area contributed by atoms with Crippen LogP contribution in [-0.4, -0.2) is 70.2 Å². The SMILES string of the molecule is CC(C)C(N)C(=O)NC(Cc1c[nH]c2ccccc12)C(=O)NCC(=O)NC(CO)C(=O)O. The van der Waals surface area contributed by atoms with Crippen LogP contribution in [0.2, 0.25) is 0 Å². The summed E-state index contributed by atoms with van der Waals surface area (Å²) in [5, 5.41) is 25.9. The van der Waals surface area contributed by atoms with Crippen LogP contribution in [0.25, 0.3) is 10.9 Å². The Balaban J connectivity index is 2.12. The van der Waals surface area contributed by atoms with Crippen molar-refractivity contribution in [1.82, 2.24) is 20.9 Å². The number of nitrogens with two attached hydrogens (primary N) is 1. The van der Waals surface area contributed by atoms with Gasteiger partial charge in [-0.2, -0.15) is 0 Å². The zero-order valence-electron chi connectivity index (χ0n) is 17.9. The minimum absolute atomic E-state index is 0.141. The van der Waals surface area contributed by atoms with Crippen LogP contribution in [0.15, 0.2) is 30.5 Å². The van der Waals surface area contributed by atoms with Crippen LogP contribution in [0, 0.1) is 5.92 Å². The van der Waals surface area contributed by atoms with E-state index in [9.17, 15) is 19.2 Å². The molecule has 8 N–H and O–H groups in total. The Labute approximate surface area is 184 Å². The van der Waals surface area contributed by atoms with Gasteiger partial charge in [0.05, 0.1) is 19.2 Å². The standard InChI is InChI=1S/C21H29N5O6/c1-11(2)18(22)20(30)26-15(7-12-8-23-14-6-4-3-5-13(12)14)19(29)24-9-17(28)25-16(10-27)21(31)32/h3-6,8,11,15-16,18,23,27H,7,9-10,22H2,1-2H3,(H,24,29)(H,25,28)(H,26,30)(H,31,32). The molecule has 0 bridgehead atoms. The molecule has 0 saturated carbocycles. The van der Waals surface area contributed by atoms with E-state index in [4.69, 9.17) is 15.9 Å². The summed E-state index contributed by atoms with van der Waals surface area (Å²) >= 11 is 0. The lowest BCUT2D eigenvalue weighted by molar-refractivity contribution is -0.142. The number of aliphatic carboxylic acids is 1. The number of carboxylic acids is 1. The van der Waals surface area contributed by atoms with Gasteiger partial charge in [-0.15, -0.1) is 0 Å². The Morgan fingerprint density at radius 2 is 1.75 bits per heavy atom. The summed E-state index contributed by atoms with van der Waals surface area (Å²) in [5.74, 6) is -3.49. The summed E-state index contributed by atoms with van der Waals surface area (Å²) in [6.45, 7) is 2.24. The van der Waals surface area contributed by atoms with Crippen molar-refractivity contribution in [3.8, 4) is 0 Å². The maximum absolute atomic E-state index is 12.8. The molecule has 0 aliphatic carbocycles. The first-order valence-corrected chi connectivity index (χ1v) is 10.2. The van der Waals surface area contributed by atoms with Crippen molar-refractivity contribution in [2.45, 2.75) is 38.4 Å². The molecule has 1 heterocycles. The summed E-state index contributed by atoms with van der Waals surface area (Å²) in [5.41, 5.74) is 7.56. The number of hydrogen-bond donors (Lipinski definition) is 7. The first-order chi connectivity index (χ1) is 15.1. The molecule has 1 aromatic heterocycles. The maximum Gasteiger partial charge on any atom is 0.328 e. The lowest BCUT2D eigenvalue weighted by atomic mass is 10.0. The number of rotatable bonds is 11. The lowest BCUT2D eigenvalue weighted by Gasteiger charge is -2.22. The second-order valence-corrected chi connectivity index (χ2v) is 7.75. The molecule has 3 atom stereocenters. The number of aromatic amines is 1. The van der Waals surface area contributed by atoms with Crippen LogP contribution >= 0.6 is 0 Å². The fourth-order valence-corrected chi connectivity index (χ4v) is 3.02. The number of amides is 3. The van der Waals surface area contributed by atoms with Crippen molar-refractivity contribution >= 4 is 34.6 Å². The molecule has 2 aromatic rings. The predicted molar refractivity (Wildman–Crippen MR) is 116 cm³/mol. The second-order valence-electron chi connectivity index (χ2n) is 7.75. The number of hydrogen-bond acceptors (Lipinski definition) is 6. The fourth-order valence-electron chi connectivity index (χ4n) is 3.02. The summed E-state index contributed by atoms with van der Waals surface area (Å²) in [6, 6.07) is 4.16. The predicted octanol–water partition coefficient (Wildman–Crippen LogP) is -1.14. The van der Waals surface area contributed by atoms with E-state index in [-0.39, 0.29) is 12.3 Å². The average Bonchev–Trinajstić information content (AvgIpc) is 3.17. The maximum atomic E-state index is 12.8. The van der Waals surface area contributed by atoms with Gasteiger partial charge in [0.1, 0.15) is 12.1 Å². The number of carbonyl (C=O) groups excluding carboxylic acids is 3. The van der Waals surface area contributed by atoms with Crippen molar-refractivity contribution in [3.63, 3.8) is 0 Å². The molecule has 32 heavy (non-hydrogen) atoms. The van der Waals surface area contributed by atoms with E-state index in [0.717, 1.165) is 16.5 Å². The molecule has 1 aromatic carbocycles. The minimum Gasteiger partial charge on any atom is -0.480 e. The third-order valence-electron chi connectivity index (χ3n) is 4.99. The Hall–Kier alpha value is -3.44. The monoisotopic (exact) mass is 447 g/mol. The lowest BCUT2D eigenvalue weighted by Crippen LogP contribution is -2.55. The van der Waals surface area contributed by atoms with E-state index in [2.05, 4.69) is 20.9 Å². The van der Waals surface area contributed by atoms with Crippen molar-refractivity contribution in [1.29, 1.82) is 0 Å². The number of aromatic nitrogens is 1. The molecule has 2 rings (SSSR count). The third kappa shape index (κ3) is 6.53. The van der Waals surface area contributed by atoms with E-state index in [1.165, 1.54) is 0 Å². The van der Waals surface area contributed by atoms with Crippen LogP contribution in [0.3, 0.4) is 0 Å². The van der Waals surface area contributed by atoms with Gasteiger partial charge in [-0.05, 0) is 17.5 Å². The smallest absolute Gasteiger partial charge is 0.328 e. The fraction of sp³-hybridized carbons (Fsp3) is 0.429. The number of benzene rings is 1. The minimum atomic E-state index is -1.48. The molecule has 0 aliphatic rings. The van der Waals surface area contributed by atoms with E-state index < -0.39 is 55.0 Å². The largest absolute Gasteiger partial charge is 0.480 e. The van der Waals surface area contributed by atoms with Crippen molar-refractivity contribution in [3.05, 3.63) is 36.0 Å². The van der Waals surface area contributed by atoms with Crippen LogP contribution in [0.1, 0.15) is 19.4 Å². The average molecular weight is 447 g/mol. The van der Waals surface area contributed by atoms with Gasteiger partial charge in [-0.1, -0.05) is 32.0 Å². The van der Waals surface area contributed by atoms with E-state index in [1.807, 2.05) is 24.3 Å². The Bertz CT molecular complexity index is 972. The van der Waals surface area contributed by atoms with Gasteiger partial charge in [-0.25, -0.2) is 4.79 Å². The molecule has 11 nitrogen and oxygen atoms in total. The second kappa shape index (κ2) is 11.3. The zero-order valence-corrected chi connectivity index (χ0v) is 17.9. The molecule has 0 fully saturated rings. The topological polar surface area (TPSA) is 187 Å². The number of aliphatic hydroxyl groups excluding tert-OH is 1. The van der Waals surface area contributed by atoms with Crippen LogP contribution in [0.5, 0.6) is 0 Å². The number of para-hydroxylation sites is 1. The Kier molecular flexibility index (Phi) is 8.73. The van der Waals surface area contributed by atoms with E-state index in [1.54, 1.807) is 20.0 Å².